The van der Waals surface area contributed by atoms with E-state index in [-0.39, 0.29) is 6.04 Å². The highest BCUT2D eigenvalue weighted by molar-refractivity contribution is 7.10. The van der Waals surface area contributed by atoms with Crippen LogP contribution in [0, 0.1) is 0 Å². The van der Waals surface area contributed by atoms with Gasteiger partial charge in [-0.15, -0.1) is 11.3 Å². The van der Waals surface area contributed by atoms with E-state index in [4.69, 9.17) is 11.6 Å². The van der Waals surface area contributed by atoms with E-state index < -0.39 is 6.10 Å². The molecule has 4 heteroatoms. The number of aliphatic hydroxyl groups is 1. The van der Waals surface area contributed by atoms with Crippen LogP contribution >= 0.6 is 22.9 Å². The highest BCUT2D eigenvalue weighted by atomic mass is 35.5. The second-order valence-corrected chi connectivity index (χ2v) is 5.63. The van der Waals surface area contributed by atoms with Gasteiger partial charge in [0, 0.05) is 22.5 Å². The highest BCUT2D eigenvalue weighted by Crippen LogP contribution is 2.20. The highest BCUT2D eigenvalue weighted by Gasteiger charge is 2.11. The monoisotopic (exact) mass is 281 g/mol. The zero-order valence-electron chi connectivity index (χ0n) is 10.1. The van der Waals surface area contributed by atoms with Gasteiger partial charge < -0.3 is 10.4 Å². The summed E-state index contributed by atoms with van der Waals surface area (Å²) >= 11 is 7.53. The molecule has 0 aliphatic rings. The molecule has 2 aromatic rings. The summed E-state index contributed by atoms with van der Waals surface area (Å²) in [5.74, 6) is 0. The van der Waals surface area contributed by atoms with E-state index in [2.05, 4.69) is 12.2 Å². The van der Waals surface area contributed by atoms with Crippen molar-refractivity contribution in [2.45, 2.75) is 19.1 Å². The number of hydrogen-bond donors (Lipinski definition) is 2. The topological polar surface area (TPSA) is 32.3 Å². The van der Waals surface area contributed by atoms with Crippen LogP contribution in [0.25, 0.3) is 0 Å². The van der Waals surface area contributed by atoms with Gasteiger partial charge in [-0.3, -0.25) is 0 Å². The van der Waals surface area contributed by atoms with Crippen molar-refractivity contribution in [3.05, 3.63) is 57.2 Å². The zero-order valence-corrected chi connectivity index (χ0v) is 11.7. The summed E-state index contributed by atoms with van der Waals surface area (Å²) in [6.45, 7) is 2.60. The average Bonchev–Trinajstić information content (AvgIpc) is 2.89. The third kappa shape index (κ3) is 3.56. The molecule has 0 radical (unpaired) electrons. The van der Waals surface area contributed by atoms with Crippen LogP contribution in [0.1, 0.15) is 29.5 Å². The Morgan fingerprint density at radius 2 is 2.17 bits per heavy atom. The molecule has 96 valence electrons. The van der Waals surface area contributed by atoms with Crippen LogP contribution in [0.15, 0.2) is 41.8 Å². The summed E-state index contributed by atoms with van der Waals surface area (Å²) in [7, 11) is 0. The molecule has 1 heterocycles. The van der Waals surface area contributed by atoms with Gasteiger partial charge in [0.05, 0.1) is 0 Å². The molecule has 0 amide bonds. The standard InChI is InChI=1S/C14H16ClNOS/c1-10(11-4-2-5-12(15)8-11)16-9-13(17)14-6-3-7-18-14/h2-8,10,13,16-17H,9H2,1H3/t10-,13?/m1/s1. The van der Waals surface area contributed by atoms with Crippen molar-refractivity contribution in [3.63, 3.8) is 0 Å². The lowest BCUT2D eigenvalue weighted by Crippen LogP contribution is -2.24. The smallest absolute Gasteiger partial charge is 0.101 e. The van der Waals surface area contributed by atoms with E-state index in [9.17, 15) is 5.11 Å². The van der Waals surface area contributed by atoms with Gasteiger partial charge in [0.2, 0.25) is 0 Å². The molecule has 0 bridgehead atoms. The Morgan fingerprint density at radius 1 is 1.33 bits per heavy atom. The van der Waals surface area contributed by atoms with Crippen LogP contribution in [-0.2, 0) is 0 Å². The molecule has 0 aliphatic carbocycles. The quantitative estimate of drug-likeness (QED) is 0.874. The van der Waals surface area contributed by atoms with Crippen LogP contribution < -0.4 is 5.32 Å². The molecule has 0 saturated carbocycles. The van der Waals surface area contributed by atoms with Gasteiger partial charge in [-0.1, -0.05) is 29.8 Å². The SMILES string of the molecule is C[C@@H](NCC(O)c1cccs1)c1cccc(Cl)c1. The van der Waals surface area contributed by atoms with E-state index in [1.165, 1.54) is 0 Å². The molecule has 0 spiro atoms. The Kier molecular flexibility index (Phi) is 4.78. The molecule has 0 fully saturated rings. The lowest BCUT2D eigenvalue weighted by molar-refractivity contribution is 0.174. The van der Waals surface area contributed by atoms with Gasteiger partial charge in [0.25, 0.3) is 0 Å². The lowest BCUT2D eigenvalue weighted by Gasteiger charge is -2.17. The fraction of sp³-hybridized carbons (Fsp3) is 0.286. The first-order valence-electron chi connectivity index (χ1n) is 5.87. The maximum atomic E-state index is 9.98. The Labute approximate surface area is 116 Å². The molecule has 2 N–H and O–H groups in total. The number of thiophene rings is 1. The fourth-order valence-electron chi connectivity index (χ4n) is 1.76. The molecular formula is C14H16ClNOS. The van der Waals surface area contributed by atoms with Gasteiger partial charge in [-0.2, -0.15) is 0 Å². The van der Waals surface area contributed by atoms with Crippen molar-refractivity contribution in [2.75, 3.05) is 6.54 Å². The summed E-state index contributed by atoms with van der Waals surface area (Å²) < 4.78 is 0. The first-order chi connectivity index (χ1) is 8.66. The van der Waals surface area contributed by atoms with Gasteiger partial charge in [0.15, 0.2) is 0 Å². The van der Waals surface area contributed by atoms with E-state index in [1.54, 1.807) is 11.3 Å². The molecule has 1 aromatic heterocycles. The number of rotatable bonds is 5. The van der Waals surface area contributed by atoms with E-state index in [1.807, 2.05) is 41.8 Å². The maximum absolute atomic E-state index is 9.98. The Morgan fingerprint density at radius 3 is 2.83 bits per heavy atom. The normalized spacial score (nSPS) is 14.4. The number of halogens is 1. The number of nitrogens with one attached hydrogen (secondary N) is 1. The Bertz CT molecular complexity index is 486. The van der Waals surface area contributed by atoms with Gasteiger partial charge in [0.1, 0.15) is 6.10 Å². The molecule has 0 saturated heterocycles. The van der Waals surface area contributed by atoms with Crippen molar-refractivity contribution in [2.24, 2.45) is 0 Å². The van der Waals surface area contributed by atoms with Gasteiger partial charge >= 0.3 is 0 Å². The minimum atomic E-state index is -0.452. The summed E-state index contributed by atoms with van der Waals surface area (Å²) in [6, 6.07) is 11.8. The van der Waals surface area contributed by atoms with Crippen molar-refractivity contribution in [1.82, 2.24) is 5.32 Å². The molecule has 18 heavy (non-hydrogen) atoms. The molecule has 2 nitrogen and oxygen atoms in total. The summed E-state index contributed by atoms with van der Waals surface area (Å²) in [5, 5.41) is 16.0. The number of benzene rings is 1. The molecule has 1 aromatic carbocycles. The average molecular weight is 282 g/mol. The first-order valence-corrected chi connectivity index (χ1v) is 7.13. The Hall–Kier alpha value is -0.870. The van der Waals surface area contributed by atoms with Crippen molar-refractivity contribution < 1.29 is 5.11 Å². The van der Waals surface area contributed by atoms with Crippen LogP contribution in [-0.4, -0.2) is 11.7 Å². The van der Waals surface area contributed by atoms with Gasteiger partial charge in [-0.05, 0) is 36.1 Å². The third-order valence-corrected chi connectivity index (χ3v) is 4.05. The fourth-order valence-corrected chi connectivity index (χ4v) is 2.67. The summed E-state index contributed by atoms with van der Waals surface area (Å²) in [6.07, 6.45) is -0.452. The molecule has 2 atom stereocenters. The zero-order chi connectivity index (χ0) is 13.0. The van der Waals surface area contributed by atoms with Crippen molar-refractivity contribution in [3.8, 4) is 0 Å². The van der Waals surface area contributed by atoms with Crippen molar-refractivity contribution in [1.29, 1.82) is 0 Å². The van der Waals surface area contributed by atoms with Crippen molar-refractivity contribution >= 4 is 22.9 Å². The van der Waals surface area contributed by atoms with E-state index in [0.29, 0.717) is 6.54 Å². The maximum Gasteiger partial charge on any atom is 0.101 e. The van der Waals surface area contributed by atoms with Crippen LogP contribution in [0.4, 0.5) is 0 Å². The first kappa shape index (κ1) is 13.6. The van der Waals surface area contributed by atoms with Crippen LogP contribution in [0.5, 0.6) is 0 Å². The Balaban J connectivity index is 1.90. The molecule has 1 unspecified atom stereocenters. The van der Waals surface area contributed by atoms with Gasteiger partial charge in [-0.25, -0.2) is 0 Å². The number of hydrogen-bond acceptors (Lipinski definition) is 3. The summed E-state index contributed by atoms with van der Waals surface area (Å²) in [5.41, 5.74) is 1.13. The lowest BCUT2D eigenvalue weighted by atomic mass is 10.1. The van der Waals surface area contributed by atoms with Crippen LogP contribution in [0.3, 0.4) is 0 Å². The largest absolute Gasteiger partial charge is 0.386 e. The minimum Gasteiger partial charge on any atom is -0.386 e. The predicted octanol–water partition coefficient (Wildman–Crippen LogP) is 3.79. The third-order valence-electron chi connectivity index (χ3n) is 2.84. The van der Waals surface area contributed by atoms with Crippen LogP contribution in [0.2, 0.25) is 5.02 Å². The minimum absolute atomic E-state index is 0.165. The molecule has 2 rings (SSSR count). The second kappa shape index (κ2) is 6.34. The molecular weight excluding hydrogens is 266 g/mol. The second-order valence-electron chi connectivity index (χ2n) is 4.22. The van der Waals surface area contributed by atoms with E-state index in [0.717, 1.165) is 15.5 Å². The van der Waals surface area contributed by atoms with E-state index >= 15 is 0 Å². The summed E-state index contributed by atoms with van der Waals surface area (Å²) in [4.78, 5) is 0.987. The predicted molar refractivity (Wildman–Crippen MR) is 77.1 cm³/mol. The number of aliphatic hydroxyl groups excluding tert-OH is 1. The molecule has 0 aliphatic heterocycles.